The quantitative estimate of drug-likeness (QED) is 0.311. The van der Waals surface area contributed by atoms with E-state index in [1.165, 1.54) is 96.3 Å². The van der Waals surface area contributed by atoms with Crippen LogP contribution >= 0.6 is 0 Å². The maximum Gasteiger partial charge on any atom is 0.229 e. The molecular formula is C21H44BrNO. The molecule has 1 saturated heterocycles. The fourth-order valence-corrected chi connectivity index (χ4v) is 4.04. The summed E-state index contributed by atoms with van der Waals surface area (Å²) in [4.78, 5) is 0. The zero-order chi connectivity index (χ0) is 17.0. The van der Waals surface area contributed by atoms with Crippen LogP contribution in [0.2, 0.25) is 0 Å². The summed E-state index contributed by atoms with van der Waals surface area (Å²) in [5, 5.41) is 0. The minimum Gasteiger partial charge on any atom is -1.00 e. The summed E-state index contributed by atoms with van der Waals surface area (Å²) in [6.45, 7) is 6.85. The first-order valence-corrected chi connectivity index (χ1v) is 10.7. The smallest absolute Gasteiger partial charge is 0.229 e. The molecule has 3 N–H and O–H groups in total. The lowest BCUT2D eigenvalue weighted by Crippen LogP contribution is -3.00. The van der Waals surface area contributed by atoms with E-state index in [9.17, 15) is 0 Å². The summed E-state index contributed by atoms with van der Waals surface area (Å²) >= 11 is 0. The van der Waals surface area contributed by atoms with E-state index in [4.69, 9.17) is 4.74 Å². The Morgan fingerprint density at radius 1 is 0.625 bits per heavy atom. The van der Waals surface area contributed by atoms with Crippen LogP contribution in [0.4, 0.5) is 0 Å². The topological polar surface area (TPSA) is 40.2 Å². The number of halogens is 1. The Hall–Kier alpha value is 0.400. The summed E-state index contributed by atoms with van der Waals surface area (Å²) < 4.78 is 6.20. The molecule has 0 bridgehead atoms. The third kappa shape index (κ3) is 8.19. The van der Waals surface area contributed by atoms with Gasteiger partial charge >= 0.3 is 0 Å². The van der Waals surface area contributed by atoms with Gasteiger partial charge in [0.05, 0.1) is 0 Å². The molecule has 1 aliphatic heterocycles. The lowest BCUT2D eigenvalue weighted by molar-refractivity contribution is -0.474. The third-order valence-electron chi connectivity index (χ3n) is 5.87. The Labute approximate surface area is 162 Å². The van der Waals surface area contributed by atoms with Crippen molar-refractivity contribution in [2.75, 3.05) is 0 Å². The van der Waals surface area contributed by atoms with Crippen molar-refractivity contribution in [2.24, 2.45) is 0 Å². The molecule has 146 valence electrons. The summed E-state index contributed by atoms with van der Waals surface area (Å²) in [7, 11) is 0. The summed E-state index contributed by atoms with van der Waals surface area (Å²) in [5.74, 6) is 0. The number of unbranched alkanes of at least 4 members (excludes halogenated alkanes) is 11. The molecule has 24 heavy (non-hydrogen) atoms. The van der Waals surface area contributed by atoms with Crippen molar-refractivity contribution < 1.29 is 27.5 Å². The van der Waals surface area contributed by atoms with Crippen molar-refractivity contribution in [1.29, 1.82) is 0 Å². The van der Waals surface area contributed by atoms with E-state index >= 15 is 0 Å². The van der Waals surface area contributed by atoms with E-state index in [1.54, 1.807) is 0 Å². The first-order valence-electron chi connectivity index (χ1n) is 10.7. The standard InChI is InChI=1S/C21H43NO.BrH/c1-4-7-9-11-13-15-17-19-21(22)20(6-3,23-21)18-16-14-12-10-8-5-2;/h4-19,22H2,1-3H3;1H. The minimum absolute atomic E-state index is 0. The van der Waals surface area contributed by atoms with Crippen LogP contribution in [0.25, 0.3) is 0 Å². The van der Waals surface area contributed by atoms with Crippen LogP contribution in [0.3, 0.4) is 0 Å². The Kier molecular flexibility index (Phi) is 13.8. The molecule has 0 amide bonds. The average molecular weight is 406 g/mol. The highest BCUT2D eigenvalue weighted by Gasteiger charge is 2.69. The van der Waals surface area contributed by atoms with Crippen molar-refractivity contribution >= 4 is 0 Å². The van der Waals surface area contributed by atoms with Gasteiger partial charge in [-0.3, -0.25) is 0 Å². The van der Waals surface area contributed by atoms with Crippen LogP contribution in [-0.4, -0.2) is 11.3 Å². The van der Waals surface area contributed by atoms with Gasteiger partial charge in [-0.05, 0) is 19.3 Å². The van der Waals surface area contributed by atoms with Gasteiger partial charge in [0.2, 0.25) is 5.72 Å². The van der Waals surface area contributed by atoms with Crippen LogP contribution in [0.1, 0.15) is 124 Å². The predicted octanol–water partition coefficient (Wildman–Crippen LogP) is 3.00. The lowest BCUT2D eigenvalue weighted by Gasteiger charge is -2.12. The zero-order valence-electron chi connectivity index (χ0n) is 16.8. The van der Waals surface area contributed by atoms with Crippen LogP contribution in [-0.2, 0) is 4.74 Å². The van der Waals surface area contributed by atoms with Gasteiger partial charge in [-0.15, -0.1) is 0 Å². The van der Waals surface area contributed by atoms with E-state index < -0.39 is 0 Å². The Bertz CT molecular complexity index is 300. The van der Waals surface area contributed by atoms with Gasteiger partial charge in [0.25, 0.3) is 0 Å². The van der Waals surface area contributed by atoms with Crippen molar-refractivity contribution in [3.63, 3.8) is 0 Å². The summed E-state index contributed by atoms with van der Waals surface area (Å²) in [6, 6.07) is 0. The van der Waals surface area contributed by atoms with E-state index in [1.807, 2.05) is 0 Å². The largest absolute Gasteiger partial charge is 1.00 e. The summed E-state index contributed by atoms with van der Waals surface area (Å²) in [6.07, 6.45) is 21.4. The lowest BCUT2D eigenvalue weighted by atomic mass is 9.88. The molecule has 2 unspecified atom stereocenters. The average Bonchev–Trinajstić information content (AvgIpc) is 3.15. The van der Waals surface area contributed by atoms with Crippen molar-refractivity contribution in [1.82, 2.24) is 0 Å². The molecule has 1 heterocycles. The second-order valence-corrected chi connectivity index (χ2v) is 7.83. The number of quaternary nitrogens is 1. The van der Waals surface area contributed by atoms with Gasteiger partial charge in [-0.2, -0.15) is 0 Å². The van der Waals surface area contributed by atoms with Crippen molar-refractivity contribution in [3.05, 3.63) is 0 Å². The van der Waals surface area contributed by atoms with Gasteiger partial charge < -0.3 is 27.5 Å². The van der Waals surface area contributed by atoms with Gasteiger partial charge in [-0.1, -0.05) is 97.8 Å². The molecule has 0 aliphatic carbocycles. The molecule has 0 aromatic carbocycles. The van der Waals surface area contributed by atoms with Gasteiger partial charge in [0.1, 0.15) is 0 Å². The molecule has 1 rings (SSSR count). The second-order valence-electron chi connectivity index (χ2n) is 7.83. The Balaban J connectivity index is 0.00000529. The summed E-state index contributed by atoms with van der Waals surface area (Å²) in [5.41, 5.74) is 4.54. The maximum atomic E-state index is 6.20. The number of hydrogen-bond donors (Lipinski definition) is 1. The number of hydrogen-bond acceptors (Lipinski definition) is 1. The van der Waals surface area contributed by atoms with Crippen LogP contribution < -0.4 is 22.7 Å². The maximum absolute atomic E-state index is 6.20. The predicted molar refractivity (Wildman–Crippen MR) is 100 cm³/mol. The van der Waals surface area contributed by atoms with E-state index in [0.29, 0.717) is 0 Å². The molecule has 2 nitrogen and oxygen atoms in total. The molecule has 0 aromatic rings. The Morgan fingerprint density at radius 3 is 1.50 bits per heavy atom. The molecule has 0 aromatic heterocycles. The molecule has 1 aliphatic rings. The van der Waals surface area contributed by atoms with Crippen molar-refractivity contribution in [2.45, 2.75) is 135 Å². The fraction of sp³-hybridized carbons (Fsp3) is 1.00. The zero-order valence-corrected chi connectivity index (χ0v) is 18.4. The van der Waals surface area contributed by atoms with Crippen LogP contribution in [0, 0.1) is 0 Å². The minimum atomic E-state index is -0.0470. The fourth-order valence-electron chi connectivity index (χ4n) is 4.04. The highest BCUT2D eigenvalue weighted by atomic mass is 79.9. The van der Waals surface area contributed by atoms with Crippen LogP contribution in [0.5, 0.6) is 0 Å². The molecule has 1 fully saturated rings. The molecule has 0 spiro atoms. The van der Waals surface area contributed by atoms with E-state index in [-0.39, 0.29) is 28.3 Å². The molecule has 0 radical (unpaired) electrons. The molecule has 3 heteroatoms. The molecular weight excluding hydrogens is 362 g/mol. The number of rotatable bonds is 16. The van der Waals surface area contributed by atoms with Crippen LogP contribution in [0.15, 0.2) is 0 Å². The highest BCUT2D eigenvalue weighted by Crippen LogP contribution is 2.51. The van der Waals surface area contributed by atoms with Crippen molar-refractivity contribution in [3.8, 4) is 0 Å². The monoisotopic (exact) mass is 405 g/mol. The van der Waals surface area contributed by atoms with Gasteiger partial charge in [0.15, 0.2) is 5.60 Å². The third-order valence-corrected chi connectivity index (χ3v) is 5.87. The first kappa shape index (κ1) is 24.4. The first-order chi connectivity index (χ1) is 11.1. The van der Waals surface area contributed by atoms with E-state index in [2.05, 4.69) is 26.5 Å². The highest BCUT2D eigenvalue weighted by molar-refractivity contribution is 5.06. The molecule has 2 atom stereocenters. The second kappa shape index (κ2) is 13.6. The van der Waals surface area contributed by atoms with Gasteiger partial charge in [-0.25, -0.2) is 0 Å². The van der Waals surface area contributed by atoms with E-state index in [0.717, 1.165) is 6.42 Å². The number of ether oxygens (including phenoxy) is 1. The normalized spacial score (nSPS) is 25.5. The molecule has 0 saturated carbocycles. The SMILES string of the molecule is CCCCCCCCCC1([NH3+])OC1(CC)CCCCCCCC.[Br-]. The number of epoxide rings is 1. The van der Waals surface area contributed by atoms with Gasteiger partial charge in [0, 0.05) is 6.42 Å². The Morgan fingerprint density at radius 2 is 1.04 bits per heavy atom.